The molecule has 0 saturated carbocycles. The maximum atomic E-state index is 13.5. The molecule has 180 valence electrons. The zero-order valence-electron chi connectivity index (χ0n) is 20.4. The molecule has 1 atom stereocenters. The summed E-state index contributed by atoms with van der Waals surface area (Å²) < 4.78 is 0. The number of hydrogen-bond acceptors (Lipinski definition) is 4. The molecule has 0 N–H and O–H groups in total. The van der Waals surface area contributed by atoms with Crippen LogP contribution in [-0.2, 0) is 20.9 Å². The van der Waals surface area contributed by atoms with Crippen LogP contribution in [0.1, 0.15) is 52.0 Å². The van der Waals surface area contributed by atoms with Crippen LogP contribution in [0.25, 0.3) is 0 Å². The molecule has 6 nitrogen and oxygen atoms in total. The Kier molecular flexibility index (Phi) is 7.17. The number of carbonyl (C=O) groups is 3. The summed E-state index contributed by atoms with van der Waals surface area (Å²) in [6.07, 6.45) is 1.99. The predicted molar refractivity (Wildman–Crippen MR) is 133 cm³/mol. The molecule has 2 aromatic rings. The fourth-order valence-electron chi connectivity index (χ4n) is 5.06. The number of carbonyl (C=O) groups excluding carboxylic acids is 3. The van der Waals surface area contributed by atoms with Gasteiger partial charge in [-0.05, 0) is 36.0 Å². The van der Waals surface area contributed by atoms with E-state index in [1.165, 1.54) is 10.5 Å². The minimum Gasteiger partial charge on any atom is -0.327 e. The molecule has 2 aromatic carbocycles. The van der Waals surface area contributed by atoms with Gasteiger partial charge in [0.1, 0.15) is 6.04 Å². The van der Waals surface area contributed by atoms with Crippen LogP contribution in [-0.4, -0.2) is 52.7 Å². The van der Waals surface area contributed by atoms with Crippen molar-refractivity contribution in [1.29, 1.82) is 0 Å². The van der Waals surface area contributed by atoms with Crippen molar-refractivity contribution >= 4 is 23.4 Å². The van der Waals surface area contributed by atoms with Gasteiger partial charge in [0.25, 0.3) is 5.91 Å². The molecule has 3 amide bonds. The zero-order valence-corrected chi connectivity index (χ0v) is 20.4. The molecule has 1 unspecified atom stereocenters. The smallest absolute Gasteiger partial charge is 0.257 e. The Morgan fingerprint density at radius 1 is 0.941 bits per heavy atom. The standard InChI is InChI=1S/C28H35N3O3/c1-28(2,3)19-26(33)30(23-14-16-29(17-15-23)20-21-10-6-4-7-11-21)24-18-25(32)31(27(24)34)22-12-8-5-9-13-22/h4-13,23-24H,14-20H2,1-3H3. The van der Waals surface area contributed by atoms with Crippen LogP contribution in [0.3, 0.4) is 0 Å². The van der Waals surface area contributed by atoms with E-state index in [9.17, 15) is 14.4 Å². The topological polar surface area (TPSA) is 60.9 Å². The highest BCUT2D eigenvalue weighted by Crippen LogP contribution is 2.32. The summed E-state index contributed by atoms with van der Waals surface area (Å²) in [4.78, 5) is 45.4. The Labute approximate surface area is 202 Å². The van der Waals surface area contributed by atoms with Crippen LogP contribution < -0.4 is 4.90 Å². The molecule has 0 spiro atoms. The molecule has 2 saturated heterocycles. The van der Waals surface area contributed by atoms with Crippen molar-refractivity contribution in [1.82, 2.24) is 9.80 Å². The maximum absolute atomic E-state index is 13.5. The Bertz CT molecular complexity index is 1010. The Balaban J connectivity index is 1.52. The van der Waals surface area contributed by atoms with Crippen LogP contribution in [0.15, 0.2) is 60.7 Å². The lowest BCUT2D eigenvalue weighted by molar-refractivity contribution is -0.143. The summed E-state index contributed by atoms with van der Waals surface area (Å²) in [6.45, 7) is 8.69. The van der Waals surface area contributed by atoms with E-state index in [4.69, 9.17) is 0 Å². The fourth-order valence-corrected chi connectivity index (χ4v) is 5.06. The van der Waals surface area contributed by atoms with E-state index in [1.54, 1.807) is 17.0 Å². The fraction of sp³-hybridized carbons (Fsp3) is 0.464. The van der Waals surface area contributed by atoms with Gasteiger partial charge < -0.3 is 4.90 Å². The SMILES string of the molecule is CC(C)(C)CC(=O)N(C1CCN(Cc2ccccc2)CC1)C1CC(=O)N(c2ccccc2)C1=O. The lowest BCUT2D eigenvalue weighted by atomic mass is 9.90. The van der Waals surface area contributed by atoms with Crippen LogP contribution in [0.5, 0.6) is 0 Å². The van der Waals surface area contributed by atoms with E-state index in [1.807, 2.05) is 45.0 Å². The van der Waals surface area contributed by atoms with Crippen molar-refractivity contribution in [2.75, 3.05) is 18.0 Å². The van der Waals surface area contributed by atoms with Gasteiger partial charge in [0.05, 0.1) is 12.1 Å². The minimum absolute atomic E-state index is 0.0323. The number of imide groups is 1. The lowest BCUT2D eigenvalue weighted by Gasteiger charge is -2.41. The molecule has 2 heterocycles. The van der Waals surface area contributed by atoms with Crippen molar-refractivity contribution in [2.24, 2.45) is 5.41 Å². The van der Waals surface area contributed by atoms with Crippen LogP contribution in [0.2, 0.25) is 0 Å². The first kappa shape index (κ1) is 24.1. The third-order valence-corrected chi connectivity index (χ3v) is 6.64. The molecule has 0 aliphatic carbocycles. The highest BCUT2D eigenvalue weighted by atomic mass is 16.2. The van der Waals surface area contributed by atoms with Gasteiger partial charge in [-0.2, -0.15) is 0 Å². The average Bonchev–Trinajstić information content (AvgIpc) is 3.08. The van der Waals surface area contributed by atoms with Gasteiger partial charge in [-0.3, -0.25) is 19.3 Å². The molecular formula is C28H35N3O3. The first-order chi connectivity index (χ1) is 16.2. The number of amides is 3. The summed E-state index contributed by atoms with van der Waals surface area (Å²) in [5.74, 6) is -0.559. The molecular weight excluding hydrogens is 426 g/mol. The number of para-hydroxylation sites is 1. The number of anilines is 1. The molecule has 0 aromatic heterocycles. The molecule has 4 rings (SSSR count). The van der Waals surface area contributed by atoms with Gasteiger partial charge >= 0.3 is 0 Å². The largest absolute Gasteiger partial charge is 0.327 e. The Hall–Kier alpha value is -2.99. The Morgan fingerprint density at radius 3 is 2.12 bits per heavy atom. The number of piperidine rings is 1. The minimum atomic E-state index is -0.728. The molecule has 2 aliphatic heterocycles. The second kappa shape index (κ2) is 10.1. The molecule has 0 bridgehead atoms. The number of rotatable bonds is 6. The number of nitrogens with zero attached hydrogens (tertiary/aromatic N) is 3. The predicted octanol–water partition coefficient (Wildman–Crippen LogP) is 4.25. The number of benzene rings is 2. The van der Waals surface area contributed by atoms with Crippen molar-refractivity contribution in [3.8, 4) is 0 Å². The van der Waals surface area contributed by atoms with Gasteiger partial charge in [-0.15, -0.1) is 0 Å². The first-order valence-corrected chi connectivity index (χ1v) is 12.2. The van der Waals surface area contributed by atoms with Crippen molar-refractivity contribution in [3.05, 3.63) is 66.2 Å². The molecule has 2 fully saturated rings. The number of hydrogen-bond donors (Lipinski definition) is 0. The summed E-state index contributed by atoms with van der Waals surface area (Å²) in [5, 5.41) is 0. The third kappa shape index (κ3) is 5.55. The zero-order chi connectivity index (χ0) is 24.3. The summed E-state index contributed by atoms with van der Waals surface area (Å²) in [6, 6.07) is 18.6. The first-order valence-electron chi connectivity index (χ1n) is 12.2. The third-order valence-electron chi connectivity index (χ3n) is 6.64. The van der Waals surface area contributed by atoms with Gasteiger partial charge in [-0.25, -0.2) is 4.90 Å². The summed E-state index contributed by atoms with van der Waals surface area (Å²) in [5.41, 5.74) is 1.64. The number of likely N-dealkylation sites (tertiary alicyclic amines) is 1. The molecule has 2 aliphatic rings. The average molecular weight is 462 g/mol. The lowest BCUT2D eigenvalue weighted by Crippen LogP contribution is -2.54. The van der Waals surface area contributed by atoms with Gasteiger partial charge in [0.2, 0.25) is 11.8 Å². The highest BCUT2D eigenvalue weighted by Gasteiger charge is 2.47. The van der Waals surface area contributed by atoms with E-state index >= 15 is 0 Å². The van der Waals surface area contributed by atoms with E-state index in [0.29, 0.717) is 12.1 Å². The molecule has 0 radical (unpaired) electrons. The van der Waals surface area contributed by atoms with E-state index < -0.39 is 6.04 Å². The Morgan fingerprint density at radius 2 is 1.53 bits per heavy atom. The van der Waals surface area contributed by atoms with Gasteiger partial charge in [0, 0.05) is 32.1 Å². The van der Waals surface area contributed by atoms with Gasteiger partial charge in [-0.1, -0.05) is 69.3 Å². The van der Waals surface area contributed by atoms with Crippen molar-refractivity contribution in [2.45, 2.75) is 65.1 Å². The maximum Gasteiger partial charge on any atom is 0.257 e. The van der Waals surface area contributed by atoms with E-state index in [0.717, 1.165) is 32.5 Å². The van der Waals surface area contributed by atoms with Crippen LogP contribution in [0.4, 0.5) is 5.69 Å². The van der Waals surface area contributed by atoms with Crippen LogP contribution in [0, 0.1) is 5.41 Å². The van der Waals surface area contributed by atoms with Gasteiger partial charge in [0.15, 0.2) is 0 Å². The van der Waals surface area contributed by atoms with E-state index in [2.05, 4.69) is 29.2 Å². The van der Waals surface area contributed by atoms with E-state index in [-0.39, 0.29) is 35.6 Å². The van der Waals surface area contributed by atoms with Crippen molar-refractivity contribution < 1.29 is 14.4 Å². The summed E-state index contributed by atoms with van der Waals surface area (Å²) in [7, 11) is 0. The van der Waals surface area contributed by atoms with Crippen LogP contribution >= 0.6 is 0 Å². The second-order valence-electron chi connectivity index (χ2n) is 10.7. The summed E-state index contributed by atoms with van der Waals surface area (Å²) >= 11 is 0. The highest BCUT2D eigenvalue weighted by molar-refractivity contribution is 6.23. The molecule has 6 heteroatoms. The quantitative estimate of drug-likeness (QED) is 0.604. The van der Waals surface area contributed by atoms with Crippen molar-refractivity contribution in [3.63, 3.8) is 0 Å². The normalized spacial score (nSPS) is 20.1. The second-order valence-corrected chi connectivity index (χ2v) is 10.7. The molecule has 34 heavy (non-hydrogen) atoms. The monoisotopic (exact) mass is 461 g/mol.